The van der Waals surface area contributed by atoms with E-state index < -0.39 is 5.69 Å². The Balaban J connectivity index is 2.12. The molecule has 0 aliphatic carbocycles. The highest BCUT2D eigenvalue weighted by Crippen LogP contribution is 2.30. The van der Waals surface area contributed by atoms with E-state index in [4.69, 9.17) is 11.6 Å². The maximum Gasteiger partial charge on any atom is 0.345 e. The van der Waals surface area contributed by atoms with Gasteiger partial charge in [0.1, 0.15) is 5.69 Å². The zero-order chi connectivity index (χ0) is 15.5. The molecule has 0 aliphatic rings. The first kappa shape index (κ1) is 14.2. The van der Waals surface area contributed by atoms with Crippen LogP contribution in [-0.2, 0) is 0 Å². The highest BCUT2D eigenvalue weighted by molar-refractivity contribution is 6.33. The topological polar surface area (TPSA) is 75.2 Å². The van der Waals surface area contributed by atoms with Crippen LogP contribution in [-0.4, -0.2) is 9.97 Å². The highest BCUT2D eigenvalue weighted by atomic mass is 35.5. The number of halogens is 1. The third-order valence-corrected chi connectivity index (χ3v) is 3.47. The molecule has 1 aromatic heterocycles. The van der Waals surface area contributed by atoms with E-state index in [1.54, 1.807) is 18.2 Å². The van der Waals surface area contributed by atoms with Gasteiger partial charge in [-0.25, -0.2) is 4.79 Å². The second-order valence-corrected chi connectivity index (χ2v) is 5.02. The summed E-state index contributed by atoms with van der Waals surface area (Å²) in [5, 5.41) is 3.04. The summed E-state index contributed by atoms with van der Waals surface area (Å²) in [6.07, 6.45) is 0. The quantitative estimate of drug-likeness (QED) is 0.738. The van der Waals surface area contributed by atoms with Crippen molar-refractivity contribution in [1.29, 1.82) is 0 Å². The summed E-state index contributed by atoms with van der Waals surface area (Å²) in [4.78, 5) is 29.0. The average Bonchev–Trinajstić information content (AvgIpc) is 2.55. The molecule has 0 fully saturated rings. The van der Waals surface area contributed by atoms with Gasteiger partial charge in [0.2, 0.25) is 0 Å². The number of nitroso groups, excluding NO2 is 1. The molecule has 0 saturated carbocycles. The monoisotopic (exact) mass is 311 g/mol. The van der Waals surface area contributed by atoms with Crippen LogP contribution in [0, 0.1) is 4.91 Å². The van der Waals surface area contributed by atoms with Crippen molar-refractivity contribution >= 4 is 17.3 Å². The number of H-pyrrole nitrogens is 1. The molecular formula is C16H10ClN3O2. The van der Waals surface area contributed by atoms with Gasteiger partial charge >= 0.3 is 5.69 Å². The first-order valence-electron chi connectivity index (χ1n) is 6.47. The predicted molar refractivity (Wildman–Crippen MR) is 86.2 cm³/mol. The number of hydrogen-bond donors (Lipinski definition) is 1. The Labute approximate surface area is 130 Å². The van der Waals surface area contributed by atoms with Gasteiger partial charge in [-0.05, 0) is 28.9 Å². The lowest BCUT2D eigenvalue weighted by Crippen LogP contribution is -2.11. The van der Waals surface area contributed by atoms with Crippen LogP contribution in [0.2, 0.25) is 5.02 Å². The molecule has 5 nitrogen and oxygen atoms in total. The summed E-state index contributed by atoms with van der Waals surface area (Å²) >= 11 is 5.97. The fourth-order valence-electron chi connectivity index (χ4n) is 2.12. The van der Waals surface area contributed by atoms with Crippen molar-refractivity contribution in [2.75, 3.05) is 0 Å². The van der Waals surface area contributed by atoms with Gasteiger partial charge in [0.25, 0.3) is 0 Å². The van der Waals surface area contributed by atoms with Crippen molar-refractivity contribution in [3.05, 3.63) is 75.0 Å². The SMILES string of the molecule is O=Nc1ccc(-c2cc(-c3ccccc3)[nH]c(=O)n2)cc1Cl. The Morgan fingerprint density at radius 2 is 1.77 bits per heavy atom. The standard InChI is InChI=1S/C16H10ClN3O2/c17-12-8-11(6-7-13(12)20-22)15-9-14(18-16(21)19-15)10-4-2-1-3-5-10/h1-9H,(H,18,19,21). The Hall–Kier alpha value is -2.79. The minimum atomic E-state index is -0.454. The van der Waals surface area contributed by atoms with E-state index in [0.29, 0.717) is 17.0 Å². The number of aromatic nitrogens is 2. The molecule has 22 heavy (non-hydrogen) atoms. The molecule has 0 bridgehead atoms. The summed E-state index contributed by atoms with van der Waals surface area (Å²) in [6, 6.07) is 15.9. The lowest BCUT2D eigenvalue weighted by atomic mass is 10.1. The van der Waals surface area contributed by atoms with E-state index in [9.17, 15) is 9.70 Å². The lowest BCUT2D eigenvalue weighted by Gasteiger charge is -2.05. The van der Waals surface area contributed by atoms with Gasteiger partial charge in [0.05, 0.1) is 16.4 Å². The van der Waals surface area contributed by atoms with Gasteiger partial charge in [-0.1, -0.05) is 48.0 Å². The molecule has 0 spiro atoms. The first-order valence-corrected chi connectivity index (χ1v) is 6.85. The van der Waals surface area contributed by atoms with Crippen molar-refractivity contribution in [1.82, 2.24) is 9.97 Å². The molecule has 0 radical (unpaired) electrons. The van der Waals surface area contributed by atoms with Gasteiger partial charge in [0, 0.05) is 5.56 Å². The normalized spacial score (nSPS) is 10.4. The van der Waals surface area contributed by atoms with Crippen LogP contribution in [0.4, 0.5) is 5.69 Å². The third-order valence-electron chi connectivity index (χ3n) is 3.17. The second kappa shape index (κ2) is 5.91. The smallest absolute Gasteiger partial charge is 0.305 e. The van der Waals surface area contributed by atoms with Crippen molar-refractivity contribution in [3.8, 4) is 22.5 Å². The minimum Gasteiger partial charge on any atom is -0.305 e. The van der Waals surface area contributed by atoms with Crippen molar-refractivity contribution < 1.29 is 0 Å². The van der Waals surface area contributed by atoms with Crippen LogP contribution in [0.5, 0.6) is 0 Å². The Bertz CT molecular complexity index is 891. The van der Waals surface area contributed by atoms with Gasteiger partial charge in [-0.3, -0.25) is 0 Å². The second-order valence-electron chi connectivity index (χ2n) is 4.61. The van der Waals surface area contributed by atoms with Crippen LogP contribution >= 0.6 is 11.6 Å². The summed E-state index contributed by atoms with van der Waals surface area (Å²) in [7, 11) is 0. The number of nitrogens with one attached hydrogen (secondary N) is 1. The number of hydrogen-bond acceptors (Lipinski definition) is 4. The predicted octanol–water partition coefficient (Wildman–Crippen LogP) is 4.16. The number of rotatable bonds is 3. The minimum absolute atomic E-state index is 0.151. The molecule has 108 valence electrons. The van der Waals surface area contributed by atoms with E-state index in [1.165, 1.54) is 6.07 Å². The molecule has 3 aromatic rings. The molecule has 1 N–H and O–H groups in total. The van der Waals surface area contributed by atoms with E-state index in [1.807, 2.05) is 30.3 Å². The van der Waals surface area contributed by atoms with E-state index in [0.717, 1.165) is 5.56 Å². The summed E-state index contributed by atoms with van der Waals surface area (Å²) < 4.78 is 0. The summed E-state index contributed by atoms with van der Waals surface area (Å²) in [5.41, 5.74) is 2.34. The largest absolute Gasteiger partial charge is 0.345 e. The molecule has 0 unspecified atom stereocenters. The average molecular weight is 312 g/mol. The number of benzene rings is 2. The van der Waals surface area contributed by atoms with E-state index in [-0.39, 0.29) is 10.7 Å². The maximum atomic E-state index is 11.8. The Morgan fingerprint density at radius 1 is 1.00 bits per heavy atom. The van der Waals surface area contributed by atoms with Crippen molar-refractivity contribution in [3.63, 3.8) is 0 Å². The Morgan fingerprint density at radius 3 is 2.45 bits per heavy atom. The van der Waals surface area contributed by atoms with Crippen molar-refractivity contribution in [2.45, 2.75) is 0 Å². The summed E-state index contributed by atoms with van der Waals surface area (Å²) in [6.45, 7) is 0. The summed E-state index contributed by atoms with van der Waals surface area (Å²) in [5.74, 6) is 0. The van der Waals surface area contributed by atoms with Gasteiger partial charge in [0.15, 0.2) is 0 Å². The molecular weight excluding hydrogens is 302 g/mol. The zero-order valence-corrected chi connectivity index (χ0v) is 12.0. The zero-order valence-electron chi connectivity index (χ0n) is 11.3. The van der Waals surface area contributed by atoms with Gasteiger partial charge < -0.3 is 4.98 Å². The van der Waals surface area contributed by atoms with Crippen LogP contribution in [0.3, 0.4) is 0 Å². The van der Waals surface area contributed by atoms with Gasteiger partial charge in [-0.15, -0.1) is 4.91 Å². The fourth-order valence-corrected chi connectivity index (χ4v) is 2.33. The molecule has 0 aliphatic heterocycles. The third kappa shape index (κ3) is 2.80. The first-order chi connectivity index (χ1) is 10.7. The molecule has 0 saturated heterocycles. The van der Waals surface area contributed by atoms with Crippen LogP contribution in [0.25, 0.3) is 22.5 Å². The maximum absolute atomic E-state index is 11.8. The Kier molecular flexibility index (Phi) is 3.80. The number of nitrogens with zero attached hydrogens (tertiary/aromatic N) is 2. The molecule has 0 amide bonds. The lowest BCUT2D eigenvalue weighted by molar-refractivity contribution is 1.09. The fraction of sp³-hybridized carbons (Fsp3) is 0. The number of aromatic amines is 1. The van der Waals surface area contributed by atoms with E-state index in [2.05, 4.69) is 15.1 Å². The van der Waals surface area contributed by atoms with Crippen LogP contribution in [0.1, 0.15) is 0 Å². The van der Waals surface area contributed by atoms with Crippen LogP contribution < -0.4 is 5.69 Å². The van der Waals surface area contributed by atoms with Crippen LogP contribution in [0.15, 0.2) is 64.6 Å². The molecule has 3 rings (SSSR count). The molecule has 6 heteroatoms. The van der Waals surface area contributed by atoms with E-state index >= 15 is 0 Å². The van der Waals surface area contributed by atoms with Crippen molar-refractivity contribution in [2.24, 2.45) is 5.18 Å². The highest BCUT2D eigenvalue weighted by Gasteiger charge is 2.08. The molecule has 0 atom stereocenters. The molecule has 1 heterocycles. The van der Waals surface area contributed by atoms with Gasteiger partial charge in [-0.2, -0.15) is 4.98 Å². The molecule has 2 aromatic carbocycles.